The van der Waals surface area contributed by atoms with E-state index in [4.69, 9.17) is 19.0 Å². The molecule has 0 radical (unpaired) electrons. The number of ether oxygens (including phenoxy) is 2. The molecule has 10 nitrogen and oxygen atoms in total. The number of rotatable bonds is 15. The van der Waals surface area contributed by atoms with E-state index in [2.05, 4.69) is 16.8 Å². The zero-order valence-electron chi connectivity index (χ0n) is 27.0. The SMILES string of the molecule is CCCCC1=NC2(CCCC2)C(=O)N1Cc1cc(CCOCCOC)c(-c2ccccc2S(=O)(=O)Nc2noc(C)c2C)cc1F. The van der Waals surface area contributed by atoms with Crippen molar-refractivity contribution in [2.24, 2.45) is 4.99 Å². The molecule has 1 amide bonds. The third-order valence-electron chi connectivity index (χ3n) is 8.89. The topological polar surface area (TPSA) is 123 Å². The van der Waals surface area contributed by atoms with E-state index >= 15 is 4.39 Å². The Hall–Kier alpha value is -3.61. The number of anilines is 1. The van der Waals surface area contributed by atoms with Crippen LogP contribution in [0.3, 0.4) is 0 Å². The Kier molecular flexibility index (Phi) is 10.6. The molecule has 2 heterocycles. The van der Waals surface area contributed by atoms with Crippen LogP contribution in [0.1, 0.15) is 74.3 Å². The summed E-state index contributed by atoms with van der Waals surface area (Å²) in [5, 5.41) is 3.85. The van der Waals surface area contributed by atoms with Gasteiger partial charge in [-0.25, -0.2) is 12.8 Å². The number of aromatic nitrogens is 1. The quantitative estimate of drug-likeness (QED) is 0.190. The molecular formula is C34H43FN4O6S. The van der Waals surface area contributed by atoms with Gasteiger partial charge >= 0.3 is 0 Å². The number of amides is 1. The normalized spacial score (nSPS) is 16.1. The van der Waals surface area contributed by atoms with E-state index in [1.165, 1.54) is 12.1 Å². The predicted octanol–water partition coefficient (Wildman–Crippen LogP) is 6.35. The average Bonchev–Trinajstić information content (AvgIpc) is 3.72. The van der Waals surface area contributed by atoms with Crippen LogP contribution in [0, 0.1) is 19.7 Å². The summed E-state index contributed by atoms with van der Waals surface area (Å²) in [7, 11) is -2.55. The minimum Gasteiger partial charge on any atom is -0.382 e. The first-order valence-corrected chi connectivity index (χ1v) is 17.4. The highest BCUT2D eigenvalue weighted by Gasteiger charge is 2.49. The fraction of sp³-hybridized carbons (Fsp3) is 0.500. The maximum absolute atomic E-state index is 16.2. The van der Waals surface area contributed by atoms with Crippen LogP contribution in [-0.4, -0.2) is 62.7 Å². The lowest BCUT2D eigenvalue weighted by molar-refractivity contribution is -0.131. The van der Waals surface area contributed by atoms with Crippen LogP contribution in [0.15, 0.2) is 50.8 Å². The molecule has 1 N–H and O–H groups in total. The van der Waals surface area contributed by atoms with E-state index in [0.29, 0.717) is 66.2 Å². The number of aryl methyl sites for hydroxylation is 1. The molecule has 2 aliphatic rings. The van der Waals surface area contributed by atoms with Crippen molar-refractivity contribution >= 4 is 27.6 Å². The van der Waals surface area contributed by atoms with Crippen LogP contribution >= 0.6 is 0 Å². The monoisotopic (exact) mass is 654 g/mol. The van der Waals surface area contributed by atoms with E-state index in [-0.39, 0.29) is 23.2 Å². The first-order chi connectivity index (χ1) is 22.1. The zero-order chi connectivity index (χ0) is 32.9. The number of carbonyl (C=O) groups is 1. The summed E-state index contributed by atoms with van der Waals surface area (Å²) in [5.74, 6) is 0.735. The number of nitrogens with one attached hydrogen (secondary N) is 1. The van der Waals surface area contributed by atoms with E-state index in [0.717, 1.165) is 44.4 Å². The highest BCUT2D eigenvalue weighted by molar-refractivity contribution is 7.92. The predicted molar refractivity (Wildman–Crippen MR) is 174 cm³/mol. The number of carbonyl (C=O) groups excluding carboxylic acids is 1. The number of nitrogens with zero attached hydrogens (tertiary/aromatic N) is 3. The molecule has 46 heavy (non-hydrogen) atoms. The third-order valence-corrected chi connectivity index (χ3v) is 10.3. The molecule has 12 heteroatoms. The summed E-state index contributed by atoms with van der Waals surface area (Å²) in [5.41, 5.74) is 1.64. The smallest absolute Gasteiger partial charge is 0.263 e. The highest BCUT2D eigenvalue weighted by Crippen LogP contribution is 2.41. The van der Waals surface area contributed by atoms with Crippen LogP contribution in [0.5, 0.6) is 0 Å². The van der Waals surface area contributed by atoms with Gasteiger partial charge in [0.15, 0.2) is 5.82 Å². The fourth-order valence-corrected chi connectivity index (χ4v) is 7.44. The van der Waals surface area contributed by atoms with Gasteiger partial charge in [-0.05, 0) is 62.8 Å². The average molecular weight is 655 g/mol. The van der Waals surface area contributed by atoms with Crippen molar-refractivity contribution in [1.29, 1.82) is 0 Å². The van der Waals surface area contributed by atoms with Gasteiger partial charge in [-0.2, -0.15) is 0 Å². The van der Waals surface area contributed by atoms with Gasteiger partial charge < -0.3 is 14.0 Å². The van der Waals surface area contributed by atoms with Gasteiger partial charge in [0.1, 0.15) is 23.0 Å². The number of benzene rings is 2. The van der Waals surface area contributed by atoms with E-state index in [1.54, 1.807) is 50.1 Å². The number of amidine groups is 1. The van der Waals surface area contributed by atoms with Crippen LogP contribution in [0.25, 0.3) is 11.1 Å². The second kappa shape index (κ2) is 14.4. The molecule has 1 saturated carbocycles. The molecule has 5 rings (SSSR count). The largest absolute Gasteiger partial charge is 0.382 e. The van der Waals surface area contributed by atoms with Crippen molar-refractivity contribution in [1.82, 2.24) is 10.1 Å². The number of aliphatic imine (C=N–C) groups is 1. The van der Waals surface area contributed by atoms with Crippen molar-refractivity contribution in [3.8, 4) is 11.1 Å². The standard InChI is InChI=1S/C34H43FN4O6S/c1-5-6-13-31-36-34(15-9-10-16-34)33(40)39(31)22-26-20-25(14-17-44-19-18-43-4)28(21-29(26)35)27-11-7-8-12-30(27)46(41,42)38-32-23(2)24(3)45-37-32/h7-8,11-12,20-21H,5-6,9-10,13-19,22H2,1-4H3,(H,37,38). The molecule has 2 aromatic carbocycles. The minimum atomic E-state index is -4.14. The van der Waals surface area contributed by atoms with E-state index in [1.807, 2.05) is 0 Å². The Morgan fingerprint density at radius 1 is 1.04 bits per heavy atom. The molecule has 1 aliphatic heterocycles. The molecule has 1 fully saturated rings. The highest BCUT2D eigenvalue weighted by atomic mass is 32.2. The lowest BCUT2D eigenvalue weighted by Crippen LogP contribution is -2.40. The van der Waals surface area contributed by atoms with Crippen molar-refractivity contribution < 1.29 is 31.6 Å². The van der Waals surface area contributed by atoms with Crippen LogP contribution in [0.4, 0.5) is 10.2 Å². The molecule has 0 saturated heterocycles. The number of unbranched alkanes of at least 4 members (excludes halogenated alkanes) is 1. The van der Waals surface area contributed by atoms with E-state index in [9.17, 15) is 13.2 Å². The van der Waals surface area contributed by atoms with Gasteiger partial charge in [0.2, 0.25) is 0 Å². The molecule has 1 aromatic heterocycles. The Labute approximate surface area is 270 Å². The molecule has 1 aliphatic carbocycles. The van der Waals surface area contributed by atoms with Crippen molar-refractivity contribution in [3.05, 3.63) is 64.7 Å². The Morgan fingerprint density at radius 3 is 2.50 bits per heavy atom. The maximum atomic E-state index is 16.2. The van der Waals surface area contributed by atoms with E-state index < -0.39 is 21.4 Å². The summed E-state index contributed by atoms with van der Waals surface area (Å²) in [6, 6.07) is 9.57. The molecule has 0 bridgehead atoms. The second-order valence-corrected chi connectivity index (χ2v) is 13.7. The molecule has 248 valence electrons. The molecule has 3 aromatic rings. The fourth-order valence-electron chi connectivity index (χ4n) is 6.16. The second-order valence-electron chi connectivity index (χ2n) is 12.0. The molecule has 1 spiro atoms. The lowest BCUT2D eigenvalue weighted by Gasteiger charge is -2.24. The summed E-state index contributed by atoms with van der Waals surface area (Å²) < 4.78 is 62.0. The minimum absolute atomic E-state index is 0.0318. The third kappa shape index (κ3) is 7.03. The first-order valence-electron chi connectivity index (χ1n) is 15.9. The summed E-state index contributed by atoms with van der Waals surface area (Å²) in [6.07, 6.45) is 6.22. The van der Waals surface area contributed by atoms with Crippen molar-refractivity contribution in [2.75, 3.05) is 31.7 Å². The van der Waals surface area contributed by atoms with Gasteiger partial charge in [-0.1, -0.05) is 55.6 Å². The van der Waals surface area contributed by atoms with Gasteiger partial charge in [0.05, 0.1) is 31.3 Å². The van der Waals surface area contributed by atoms with Gasteiger partial charge in [0, 0.05) is 30.2 Å². The number of hydrogen-bond acceptors (Lipinski definition) is 8. The van der Waals surface area contributed by atoms with Crippen LogP contribution in [0.2, 0.25) is 0 Å². The van der Waals surface area contributed by atoms with Crippen LogP contribution in [-0.2, 0) is 37.3 Å². The Balaban J connectivity index is 1.52. The number of hydrogen-bond donors (Lipinski definition) is 1. The summed E-state index contributed by atoms with van der Waals surface area (Å²) in [6.45, 7) is 6.67. The van der Waals surface area contributed by atoms with Crippen LogP contribution < -0.4 is 4.72 Å². The van der Waals surface area contributed by atoms with Gasteiger partial charge in [0.25, 0.3) is 15.9 Å². The molecular weight excluding hydrogens is 611 g/mol. The Bertz CT molecular complexity index is 1700. The zero-order valence-corrected chi connectivity index (χ0v) is 27.8. The number of halogens is 1. The van der Waals surface area contributed by atoms with Gasteiger partial charge in [-0.3, -0.25) is 19.4 Å². The number of sulfonamides is 1. The van der Waals surface area contributed by atoms with Gasteiger partial charge in [-0.15, -0.1) is 0 Å². The summed E-state index contributed by atoms with van der Waals surface area (Å²) >= 11 is 0. The molecule has 0 unspecified atom stereocenters. The maximum Gasteiger partial charge on any atom is 0.263 e. The Morgan fingerprint density at radius 2 is 1.80 bits per heavy atom. The van der Waals surface area contributed by atoms with Crippen molar-refractivity contribution in [3.63, 3.8) is 0 Å². The lowest BCUT2D eigenvalue weighted by atomic mass is 9.94. The van der Waals surface area contributed by atoms with Crippen molar-refractivity contribution in [2.45, 2.75) is 89.1 Å². The number of methoxy groups -OCH3 is 1. The first kappa shape index (κ1) is 33.7. The molecule has 0 atom stereocenters. The summed E-state index contributed by atoms with van der Waals surface area (Å²) in [4.78, 5) is 20.3.